The van der Waals surface area contributed by atoms with Gasteiger partial charge in [-0.2, -0.15) is 10.4 Å². The second-order valence-corrected chi connectivity index (χ2v) is 6.56. The molecule has 0 spiro atoms. The number of rotatable bonds is 12. The summed E-state index contributed by atoms with van der Waals surface area (Å²) in [6, 6.07) is -0.104. The summed E-state index contributed by atoms with van der Waals surface area (Å²) in [6.45, 7) is 19.3. The largest absolute Gasteiger partial charge is 0.247 e. The van der Waals surface area contributed by atoms with Crippen molar-refractivity contribution in [1.29, 1.82) is 0 Å². The van der Waals surface area contributed by atoms with Crippen molar-refractivity contribution < 1.29 is 17.7 Å². The van der Waals surface area contributed by atoms with Gasteiger partial charge in [-0.15, -0.1) is 10.4 Å². The number of hydrogen-bond donors (Lipinski definition) is 3. The molecule has 6 nitrogen and oxygen atoms in total. The Labute approximate surface area is 185 Å². The van der Waals surface area contributed by atoms with Crippen LogP contribution < -0.4 is 15.9 Å². The Hall–Kier alpha value is -1.58. The van der Waals surface area contributed by atoms with Crippen LogP contribution >= 0.6 is 0 Å². The van der Waals surface area contributed by atoms with Gasteiger partial charge in [0.25, 0.3) is 0 Å². The molecule has 0 rings (SSSR count). The van der Waals surface area contributed by atoms with E-state index in [9.17, 15) is 12.8 Å². The lowest BCUT2D eigenvalue weighted by Crippen LogP contribution is -2.42. The average Bonchev–Trinajstić information content (AvgIpc) is 2.77. The van der Waals surface area contributed by atoms with Crippen molar-refractivity contribution in [3.05, 3.63) is 60.3 Å². The van der Waals surface area contributed by atoms with Gasteiger partial charge >= 0.3 is 0 Å². The summed E-state index contributed by atoms with van der Waals surface area (Å²) in [6.07, 6.45) is 13.4. The maximum absolute atomic E-state index is 11.3. The topological polar surface area (TPSA) is 79.5 Å². The Bertz CT molecular complexity index is 572. The number of halogens is 1. The third kappa shape index (κ3) is 31.1. The molecule has 0 aliphatic rings. The summed E-state index contributed by atoms with van der Waals surface area (Å²) in [5.74, 6) is 0. The molecule has 0 aliphatic carbocycles. The van der Waals surface area contributed by atoms with Gasteiger partial charge in [-0.3, -0.25) is 0 Å². The highest BCUT2D eigenvalue weighted by Crippen LogP contribution is 2.01. The van der Waals surface area contributed by atoms with Gasteiger partial charge in [-0.05, 0) is 31.8 Å². The van der Waals surface area contributed by atoms with Crippen LogP contribution in [-0.4, -0.2) is 14.5 Å². The van der Waals surface area contributed by atoms with Crippen molar-refractivity contribution in [2.24, 2.45) is 0 Å². The van der Waals surface area contributed by atoms with Gasteiger partial charge in [0.05, 0.1) is 6.33 Å². The summed E-state index contributed by atoms with van der Waals surface area (Å²) in [5.41, 5.74) is 5.87. The van der Waals surface area contributed by atoms with E-state index >= 15 is 0 Å². The average molecular weight is 450 g/mol. The number of hydroxylamine groups is 1. The number of hydrazine groups is 1. The standard InChI is InChI=1S/C14H25N3O3S.C4H7F.2C2H6/c1-5-8-12-21(18,19)17-16-20-15-13(4)10-9-11-14(6-2)7-3;1-2-3-4-5;2*1-2/h6,8-13,15-17H,2,5,7H2,1,3-4H3;3-4H,2H2,1H3;2*1-2H3/b10-9-,12-8+,14-11+;4-3+;;. The SMILES string of the molecule is C=C/C(=C\C=C/C(C)NONNS(=O)(=O)/C=C/CC)CC.CC.CC.CC/C=C/F. The smallest absolute Gasteiger partial charge is 0.216 e. The maximum atomic E-state index is 11.3. The molecule has 1 atom stereocenters. The fourth-order valence-corrected chi connectivity index (χ4v) is 1.93. The first kappa shape index (κ1) is 35.8. The first-order chi connectivity index (χ1) is 14.4. The van der Waals surface area contributed by atoms with Gasteiger partial charge < -0.3 is 0 Å². The lowest BCUT2D eigenvalue weighted by molar-refractivity contribution is -0.0568. The predicted octanol–water partition coefficient (Wildman–Crippen LogP) is 6.17. The first-order valence-electron chi connectivity index (χ1n) is 10.5. The highest BCUT2D eigenvalue weighted by Gasteiger charge is 2.03. The maximum Gasteiger partial charge on any atom is 0.247 e. The molecule has 0 aromatic heterocycles. The third-order valence-electron chi connectivity index (χ3n) is 2.70. The van der Waals surface area contributed by atoms with E-state index in [-0.39, 0.29) is 6.04 Å². The molecule has 30 heavy (non-hydrogen) atoms. The molecule has 0 heterocycles. The van der Waals surface area contributed by atoms with E-state index < -0.39 is 10.0 Å². The zero-order valence-electron chi connectivity index (χ0n) is 20.0. The van der Waals surface area contributed by atoms with Crippen LogP contribution in [0.15, 0.2) is 60.3 Å². The van der Waals surface area contributed by atoms with Crippen LogP contribution in [-0.2, 0) is 15.0 Å². The molecular formula is C22H44FN3O3S. The van der Waals surface area contributed by atoms with Crippen molar-refractivity contribution in [2.75, 3.05) is 0 Å². The van der Waals surface area contributed by atoms with Crippen LogP contribution in [0.5, 0.6) is 0 Å². The van der Waals surface area contributed by atoms with E-state index in [1.165, 1.54) is 12.2 Å². The Balaban J connectivity index is -0.000000319. The molecule has 0 bridgehead atoms. The van der Waals surface area contributed by atoms with Gasteiger partial charge in [0.1, 0.15) is 0 Å². The minimum absolute atomic E-state index is 0.104. The number of nitrogens with one attached hydrogen (secondary N) is 3. The van der Waals surface area contributed by atoms with Gasteiger partial charge in [0, 0.05) is 11.4 Å². The molecule has 0 amide bonds. The van der Waals surface area contributed by atoms with Crippen molar-refractivity contribution >= 4 is 10.0 Å². The van der Waals surface area contributed by atoms with E-state index in [4.69, 9.17) is 4.94 Å². The van der Waals surface area contributed by atoms with Crippen molar-refractivity contribution in [3.63, 3.8) is 0 Å². The number of hydrogen-bond acceptors (Lipinski definition) is 5. The Morgan fingerprint density at radius 2 is 1.67 bits per heavy atom. The second-order valence-electron chi connectivity index (χ2n) is 4.99. The summed E-state index contributed by atoms with van der Waals surface area (Å²) in [7, 11) is -3.52. The minimum Gasteiger partial charge on any atom is -0.216 e. The molecule has 0 saturated carbocycles. The highest BCUT2D eigenvalue weighted by molar-refractivity contribution is 7.92. The van der Waals surface area contributed by atoms with E-state index in [2.05, 4.69) is 24.6 Å². The molecule has 0 fully saturated rings. The Morgan fingerprint density at radius 3 is 2.07 bits per heavy atom. The number of sulfonamides is 1. The van der Waals surface area contributed by atoms with Crippen molar-refractivity contribution in [1.82, 2.24) is 15.9 Å². The van der Waals surface area contributed by atoms with Crippen LogP contribution in [0.25, 0.3) is 0 Å². The molecule has 8 heteroatoms. The van der Waals surface area contributed by atoms with Gasteiger partial charge in [0.2, 0.25) is 10.0 Å². The predicted molar refractivity (Wildman–Crippen MR) is 129 cm³/mol. The molecule has 178 valence electrons. The van der Waals surface area contributed by atoms with Crippen LogP contribution in [0.2, 0.25) is 0 Å². The number of allylic oxidation sites excluding steroid dienone is 6. The Morgan fingerprint density at radius 1 is 1.10 bits per heavy atom. The van der Waals surface area contributed by atoms with E-state index in [1.54, 1.807) is 6.08 Å². The second kappa shape index (κ2) is 29.6. The Kier molecular flexibility index (Phi) is 35.4. The third-order valence-corrected chi connectivity index (χ3v) is 3.61. The summed E-state index contributed by atoms with van der Waals surface area (Å²) in [4.78, 5) is 6.85. The van der Waals surface area contributed by atoms with E-state index in [0.717, 1.165) is 23.8 Å². The van der Waals surface area contributed by atoms with Gasteiger partial charge in [-0.1, -0.05) is 91.5 Å². The lowest BCUT2D eigenvalue weighted by Gasteiger charge is -2.10. The van der Waals surface area contributed by atoms with Crippen LogP contribution in [0.1, 0.15) is 74.7 Å². The molecule has 0 aliphatic heterocycles. The zero-order chi connectivity index (χ0) is 24.3. The molecule has 0 aromatic rings. The van der Waals surface area contributed by atoms with Crippen molar-refractivity contribution in [2.45, 2.75) is 80.7 Å². The molecule has 0 saturated heterocycles. The van der Waals surface area contributed by atoms with Gasteiger partial charge in [-0.25, -0.2) is 12.8 Å². The fourth-order valence-electron chi connectivity index (χ4n) is 1.26. The monoisotopic (exact) mass is 449 g/mol. The normalized spacial score (nSPS) is 12.5. The van der Waals surface area contributed by atoms with Crippen molar-refractivity contribution in [3.8, 4) is 0 Å². The van der Waals surface area contributed by atoms with Crippen LogP contribution in [0.3, 0.4) is 0 Å². The quantitative estimate of drug-likeness (QED) is 0.189. The zero-order valence-corrected chi connectivity index (χ0v) is 20.9. The summed E-state index contributed by atoms with van der Waals surface area (Å²) < 4.78 is 33.5. The van der Waals surface area contributed by atoms with Gasteiger partial charge in [0.15, 0.2) is 0 Å². The minimum atomic E-state index is -3.52. The van der Waals surface area contributed by atoms with E-state index in [0.29, 0.717) is 12.8 Å². The molecule has 1 unspecified atom stereocenters. The first-order valence-corrected chi connectivity index (χ1v) is 12.0. The highest BCUT2D eigenvalue weighted by atomic mass is 32.2. The molecule has 0 aromatic carbocycles. The molecule has 0 radical (unpaired) electrons. The van der Waals surface area contributed by atoms with E-state index in [1.807, 2.05) is 71.5 Å². The lowest BCUT2D eigenvalue weighted by atomic mass is 10.2. The van der Waals surface area contributed by atoms with Crippen LogP contribution in [0, 0.1) is 0 Å². The molecular weight excluding hydrogens is 405 g/mol. The summed E-state index contributed by atoms with van der Waals surface area (Å²) in [5, 5.41) is 1.07. The summed E-state index contributed by atoms with van der Waals surface area (Å²) >= 11 is 0. The fraction of sp³-hybridized carbons (Fsp3) is 0.545. The molecule has 3 N–H and O–H groups in total. The van der Waals surface area contributed by atoms with Crippen LogP contribution in [0.4, 0.5) is 4.39 Å².